The topological polar surface area (TPSA) is 100 Å². The minimum atomic E-state index is -1.06. The van der Waals surface area contributed by atoms with Crippen molar-refractivity contribution in [2.45, 2.75) is 31.9 Å². The van der Waals surface area contributed by atoms with E-state index in [4.69, 9.17) is 4.74 Å². The van der Waals surface area contributed by atoms with Crippen LogP contribution < -0.4 is 10.6 Å². The van der Waals surface area contributed by atoms with E-state index in [1.165, 1.54) is 13.0 Å². The first kappa shape index (κ1) is 14.6. The summed E-state index contributed by atoms with van der Waals surface area (Å²) in [6.07, 6.45) is 2.36. The maximum atomic E-state index is 11.7. The highest BCUT2D eigenvalue weighted by Crippen LogP contribution is 2.18. The third-order valence-corrected chi connectivity index (χ3v) is 3.13. The number of aromatic amines is 1. The zero-order valence-electron chi connectivity index (χ0n) is 10.7. The second-order valence-electron chi connectivity index (χ2n) is 4.52. The molecule has 0 bridgehead atoms. The summed E-state index contributed by atoms with van der Waals surface area (Å²) in [5, 5.41) is 4.73. The Labute approximate surface area is 123 Å². The number of carbonyl (C=O) groups is 3. The number of urea groups is 1. The number of aromatic nitrogens is 1. The molecule has 1 atom stereocenters. The highest BCUT2D eigenvalue weighted by Gasteiger charge is 2.26. The van der Waals surface area contributed by atoms with E-state index in [0.717, 1.165) is 12.8 Å². The van der Waals surface area contributed by atoms with Crippen LogP contribution in [0.5, 0.6) is 0 Å². The number of imide groups is 1. The van der Waals surface area contributed by atoms with Gasteiger partial charge in [0.1, 0.15) is 5.69 Å². The largest absolute Gasteiger partial charge is 0.448 e. The van der Waals surface area contributed by atoms with E-state index in [9.17, 15) is 14.4 Å². The Kier molecular flexibility index (Phi) is 4.43. The quantitative estimate of drug-likeness (QED) is 0.717. The first-order chi connectivity index (χ1) is 9.45. The van der Waals surface area contributed by atoms with Gasteiger partial charge in [-0.2, -0.15) is 0 Å². The molecular formula is C12H14BrN3O4. The molecule has 0 aromatic carbocycles. The maximum absolute atomic E-state index is 11.7. The Morgan fingerprint density at radius 2 is 2.15 bits per heavy atom. The van der Waals surface area contributed by atoms with Gasteiger partial charge in [-0.15, -0.1) is 0 Å². The molecule has 108 valence electrons. The zero-order valence-corrected chi connectivity index (χ0v) is 12.3. The highest BCUT2D eigenvalue weighted by molar-refractivity contribution is 9.10. The molecule has 1 heterocycles. The van der Waals surface area contributed by atoms with Crippen molar-refractivity contribution >= 4 is 33.8 Å². The van der Waals surface area contributed by atoms with Crippen molar-refractivity contribution in [2.24, 2.45) is 0 Å². The van der Waals surface area contributed by atoms with E-state index in [1.807, 2.05) is 0 Å². The van der Waals surface area contributed by atoms with E-state index in [2.05, 4.69) is 31.5 Å². The molecular weight excluding hydrogens is 330 g/mol. The normalized spacial score (nSPS) is 15.3. The predicted octanol–water partition coefficient (Wildman–Crippen LogP) is 1.31. The lowest BCUT2D eigenvalue weighted by molar-refractivity contribution is -0.127. The number of amides is 3. The lowest BCUT2D eigenvalue weighted by Gasteiger charge is -2.12. The summed E-state index contributed by atoms with van der Waals surface area (Å²) in [5.74, 6) is -1.33. The average Bonchev–Trinajstić information content (AvgIpc) is 3.07. The summed E-state index contributed by atoms with van der Waals surface area (Å²) in [7, 11) is 0. The fraction of sp³-hybridized carbons (Fsp3) is 0.417. The number of nitrogens with one attached hydrogen (secondary N) is 3. The average molecular weight is 344 g/mol. The maximum Gasteiger partial charge on any atom is 0.355 e. The first-order valence-corrected chi connectivity index (χ1v) is 6.91. The predicted molar refractivity (Wildman–Crippen MR) is 73.1 cm³/mol. The lowest BCUT2D eigenvalue weighted by Crippen LogP contribution is -2.45. The Balaban J connectivity index is 1.80. The molecule has 3 N–H and O–H groups in total. The smallest absolute Gasteiger partial charge is 0.355 e. The van der Waals surface area contributed by atoms with Gasteiger partial charge in [0, 0.05) is 16.7 Å². The number of esters is 1. The molecule has 3 amide bonds. The first-order valence-electron chi connectivity index (χ1n) is 6.12. The van der Waals surface area contributed by atoms with Crippen molar-refractivity contribution in [1.29, 1.82) is 0 Å². The van der Waals surface area contributed by atoms with Crippen LogP contribution in [0, 0.1) is 0 Å². The van der Waals surface area contributed by atoms with Gasteiger partial charge in [-0.3, -0.25) is 10.1 Å². The van der Waals surface area contributed by atoms with Gasteiger partial charge < -0.3 is 15.0 Å². The molecule has 20 heavy (non-hydrogen) atoms. The number of hydrogen-bond acceptors (Lipinski definition) is 4. The second kappa shape index (κ2) is 6.08. The van der Waals surface area contributed by atoms with Crippen LogP contribution in [-0.2, 0) is 9.53 Å². The van der Waals surface area contributed by atoms with E-state index >= 15 is 0 Å². The molecule has 2 rings (SSSR count). The molecule has 0 saturated heterocycles. The van der Waals surface area contributed by atoms with E-state index in [1.54, 1.807) is 6.20 Å². The number of ether oxygens (including phenoxy) is 1. The van der Waals surface area contributed by atoms with Crippen LogP contribution in [0.15, 0.2) is 16.7 Å². The third-order valence-electron chi connectivity index (χ3n) is 2.67. The molecule has 0 spiro atoms. The summed E-state index contributed by atoms with van der Waals surface area (Å²) in [4.78, 5) is 37.4. The van der Waals surface area contributed by atoms with E-state index in [0.29, 0.717) is 4.47 Å². The summed E-state index contributed by atoms with van der Waals surface area (Å²) in [6, 6.07) is 1.12. The Morgan fingerprint density at radius 3 is 2.70 bits per heavy atom. The zero-order chi connectivity index (χ0) is 14.7. The number of rotatable bonds is 4. The second-order valence-corrected chi connectivity index (χ2v) is 5.43. The molecule has 1 fully saturated rings. The van der Waals surface area contributed by atoms with Gasteiger partial charge in [0.05, 0.1) is 0 Å². The summed E-state index contributed by atoms with van der Waals surface area (Å²) in [5.41, 5.74) is 0.221. The molecule has 7 nitrogen and oxygen atoms in total. The molecule has 1 aliphatic rings. The minimum absolute atomic E-state index is 0.150. The molecule has 0 aliphatic heterocycles. The lowest BCUT2D eigenvalue weighted by atomic mass is 10.3. The molecule has 1 unspecified atom stereocenters. The molecule has 8 heteroatoms. The van der Waals surface area contributed by atoms with Crippen molar-refractivity contribution in [3.05, 3.63) is 22.4 Å². The van der Waals surface area contributed by atoms with Crippen LogP contribution in [0.3, 0.4) is 0 Å². The van der Waals surface area contributed by atoms with Gasteiger partial charge >= 0.3 is 12.0 Å². The van der Waals surface area contributed by atoms with Crippen LogP contribution in [-0.4, -0.2) is 35.0 Å². The van der Waals surface area contributed by atoms with Crippen LogP contribution in [0.1, 0.15) is 30.3 Å². The number of H-pyrrole nitrogens is 1. The van der Waals surface area contributed by atoms with Gasteiger partial charge in [0.2, 0.25) is 0 Å². The van der Waals surface area contributed by atoms with Crippen molar-refractivity contribution < 1.29 is 19.1 Å². The van der Waals surface area contributed by atoms with Crippen LogP contribution in [0.4, 0.5) is 4.79 Å². The van der Waals surface area contributed by atoms with Crippen LogP contribution >= 0.6 is 15.9 Å². The number of halogens is 1. The fourth-order valence-electron chi connectivity index (χ4n) is 1.43. The van der Waals surface area contributed by atoms with E-state index < -0.39 is 24.0 Å². The van der Waals surface area contributed by atoms with Gasteiger partial charge in [-0.1, -0.05) is 0 Å². The Morgan fingerprint density at radius 1 is 1.45 bits per heavy atom. The standard InChI is InChI=1S/C12H14BrN3O4/c1-6(10(17)16-12(19)15-8-2-3-8)20-11(18)9-4-7(13)5-14-9/h4-6,8,14H,2-3H2,1H3,(H2,15,16,17,19). The third kappa shape index (κ3) is 4.09. The summed E-state index contributed by atoms with van der Waals surface area (Å²) >= 11 is 3.19. The monoisotopic (exact) mass is 343 g/mol. The van der Waals surface area contributed by atoms with E-state index in [-0.39, 0.29) is 11.7 Å². The van der Waals surface area contributed by atoms with Crippen LogP contribution in [0.25, 0.3) is 0 Å². The SMILES string of the molecule is CC(OC(=O)c1cc(Br)c[nH]1)C(=O)NC(=O)NC1CC1. The molecule has 0 radical (unpaired) electrons. The van der Waals surface area contributed by atoms with Gasteiger partial charge in [0.15, 0.2) is 6.10 Å². The van der Waals surface area contributed by atoms with Crippen molar-refractivity contribution in [2.75, 3.05) is 0 Å². The molecule has 1 aromatic rings. The number of carbonyl (C=O) groups excluding carboxylic acids is 3. The summed E-state index contributed by atoms with van der Waals surface area (Å²) < 4.78 is 5.65. The minimum Gasteiger partial charge on any atom is -0.448 e. The molecule has 1 aliphatic carbocycles. The fourth-order valence-corrected chi connectivity index (χ4v) is 1.77. The van der Waals surface area contributed by atoms with Gasteiger partial charge in [0.25, 0.3) is 5.91 Å². The number of hydrogen-bond donors (Lipinski definition) is 3. The van der Waals surface area contributed by atoms with Gasteiger partial charge in [-0.05, 0) is 41.8 Å². The Bertz CT molecular complexity index is 539. The molecule has 1 aromatic heterocycles. The molecule has 1 saturated carbocycles. The highest BCUT2D eigenvalue weighted by atomic mass is 79.9. The van der Waals surface area contributed by atoms with Crippen molar-refractivity contribution in [3.8, 4) is 0 Å². The van der Waals surface area contributed by atoms with Crippen molar-refractivity contribution in [3.63, 3.8) is 0 Å². The Hall–Kier alpha value is -1.83. The van der Waals surface area contributed by atoms with Crippen LogP contribution in [0.2, 0.25) is 0 Å². The van der Waals surface area contributed by atoms with Gasteiger partial charge in [-0.25, -0.2) is 9.59 Å². The van der Waals surface area contributed by atoms with Crippen molar-refractivity contribution in [1.82, 2.24) is 15.6 Å². The summed E-state index contributed by atoms with van der Waals surface area (Å²) in [6.45, 7) is 1.40.